The maximum Gasteiger partial charge on any atom is 0.262 e. The zero-order valence-electron chi connectivity index (χ0n) is 19.2. The lowest BCUT2D eigenvalue weighted by Crippen LogP contribution is -2.48. The summed E-state index contributed by atoms with van der Waals surface area (Å²) in [5, 5.41) is 6.60. The van der Waals surface area contributed by atoms with E-state index in [-0.39, 0.29) is 11.5 Å². The molecular weight excluding hydrogens is 411 g/mol. The Kier molecular flexibility index (Phi) is 9.19. The minimum absolute atomic E-state index is 0.118. The van der Waals surface area contributed by atoms with Gasteiger partial charge in [-0.3, -0.25) is 9.59 Å². The third-order valence-electron chi connectivity index (χ3n) is 5.08. The molecule has 0 spiro atoms. The van der Waals surface area contributed by atoms with E-state index in [1.807, 2.05) is 18.2 Å². The van der Waals surface area contributed by atoms with Crippen molar-refractivity contribution >= 4 is 23.7 Å². The van der Waals surface area contributed by atoms with Crippen molar-refractivity contribution in [2.45, 2.75) is 33.7 Å². The number of anilines is 1. The number of benzene rings is 2. The topological polar surface area (TPSA) is 83.0 Å². The van der Waals surface area contributed by atoms with Crippen LogP contribution < -0.4 is 20.4 Å². The number of rotatable bonds is 10. The molecule has 1 atom stereocenters. The molecule has 0 saturated carbocycles. The summed E-state index contributed by atoms with van der Waals surface area (Å²) in [6.45, 7) is 9.47. The monoisotopic (exact) mass is 442 g/mol. The van der Waals surface area contributed by atoms with Crippen LogP contribution in [-0.4, -0.2) is 44.3 Å². The van der Waals surface area contributed by atoms with Crippen molar-refractivity contribution in [3.05, 3.63) is 59.4 Å². The van der Waals surface area contributed by atoms with Gasteiger partial charge in [0, 0.05) is 30.4 Å². The highest BCUT2D eigenvalue weighted by molar-refractivity contribution is 5.98. The van der Waals surface area contributed by atoms with Crippen LogP contribution in [0.25, 0.3) is 0 Å². The van der Waals surface area contributed by atoms with Gasteiger partial charge in [0.2, 0.25) is 0 Å². The summed E-state index contributed by atoms with van der Waals surface area (Å²) in [6.07, 6.45) is 1.48. The highest BCUT2D eigenvalue weighted by Gasteiger charge is 2.25. The van der Waals surface area contributed by atoms with Crippen LogP contribution >= 0.6 is 0 Å². The third-order valence-corrected chi connectivity index (χ3v) is 5.08. The fourth-order valence-electron chi connectivity index (χ4n) is 3.23. The molecule has 0 aromatic heterocycles. The van der Waals surface area contributed by atoms with Crippen LogP contribution in [0.5, 0.6) is 5.75 Å². The molecule has 8 heteroatoms. The summed E-state index contributed by atoms with van der Waals surface area (Å²) in [5.41, 5.74) is 4.06. The minimum Gasteiger partial charge on any atom is -0.496 e. The Morgan fingerprint density at radius 3 is 2.44 bits per heavy atom. The van der Waals surface area contributed by atoms with E-state index in [9.17, 15) is 14.0 Å². The predicted molar refractivity (Wildman–Crippen MR) is 125 cm³/mol. The van der Waals surface area contributed by atoms with Gasteiger partial charge >= 0.3 is 0 Å². The van der Waals surface area contributed by atoms with Gasteiger partial charge in [-0.2, -0.15) is 5.10 Å². The Bertz CT molecular complexity index is 958. The van der Waals surface area contributed by atoms with Gasteiger partial charge in [0.1, 0.15) is 17.6 Å². The lowest BCUT2D eigenvalue weighted by atomic mass is 10.0. The van der Waals surface area contributed by atoms with Crippen molar-refractivity contribution in [2.24, 2.45) is 11.0 Å². The van der Waals surface area contributed by atoms with Crippen LogP contribution in [0, 0.1) is 11.7 Å². The van der Waals surface area contributed by atoms with Crippen LogP contribution in [0.15, 0.2) is 47.6 Å². The van der Waals surface area contributed by atoms with Crippen LogP contribution in [0.1, 0.15) is 43.6 Å². The van der Waals surface area contributed by atoms with Gasteiger partial charge in [-0.05, 0) is 44.0 Å². The van der Waals surface area contributed by atoms with Crippen molar-refractivity contribution in [2.75, 3.05) is 25.1 Å². The summed E-state index contributed by atoms with van der Waals surface area (Å²) in [7, 11) is 1.57. The van der Waals surface area contributed by atoms with Crippen molar-refractivity contribution in [1.29, 1.82) is 0 Å². The molecule has 0 aliphatic heterocycles. The maximum atomic E-state index is 13.9. The number of nitrogens with one attached hydrogen (secondary N) is 2. The smallest absolute Gasteiger partial charge is 0.262 e. The first kappa shape index (κ1) is 24.8. The number of hydrogen-bond acceptors (Lipinski definition) is 5. The standard InChI is InChI=1S/C24H31FN4O3/c1-6-29(7-2)18-13-12-17(21(14-18)32-5)15-26-28-24(31)22(16(3)4)27-23(30)19-10-8-9-11-20(19)25/h8-16,22H,6-7H2,1-5H3,(H,27,30)(H,28,31)/b26-15+. The van der Waals surface area contributed by atoms with Gasteiger partial charge in [0.05, 0.1) is 18.9 Å². The van der Waals surface area contributed by atoms with E-state index >= 15 is 0 Å². The number of hydrazone groups is 1. The van der Waals surface area contributed by atoms with Crippen LogP contribution in [0.2, 0.25) is 0 Å². The van der Waals surface area contributed by atoms with Gasteiger partial charge in [0.15, 0.2) is 0 Å². The Morgan fingerprint density at radius 2 is 1.84 bits per heavy atom. The molecule has 2 aromatic carbocycles. The number of carbonyl (C=O) groups excluding carboxylic acids is 2. The second kappa shape index (κ2) is 11.8. The molecular formula is C24H31FN4O3. The highest BCUT2D eigenvalue weighted by Crippen LogP contribution is 2.24. The van der Waals surface area contributed by atoms with E-state index in [0.29, 0.717) is 11.3 Å². The Balaban J connectivity index is 2.10. The summed E-state index contributed by atoms with van der Waals surface area (Å²) in [5.74, 6) is -1.41. The molecule has 0 fully saturated rings. The lowest BCUT2D eigenvalue weighted by molar-refractivity contribution is -0.123. The minimum atomic E-state index is -0.883. The molecule has 1 unspecified atom stereocenters. The fourth-order valence-corrected chi connectivity index (χ4v) is 3.23. The molecule has 0 radical (unpaired) electrons. The van der Waals surface area contributed by atoms with E-state index < -0.39 is 23.7 Å². The zero-order valence-corrected chi connectivity index (χ0v) is 19.2. The molecule has 32 heavy (non-hydrogen) atoms. The second-order valence-electron chi connectivity index (χ2n) is 7.51. The number of amides is 2. The van der Waals surface area contributed by atoms with Crippen LogP contribution in [0.4, 0.5) is 10.1 Å². The Hall–Kier alpha value is -3.42. The number of nitrogens with zero attached hydrogens (tertiary/aromatic N) is 2. The number of carbonyl (C=O) groups is 2. The molecule has 0 aliphatic carbocycles. The molecule has 2 rings (SSSR count). The maximum absolute atomic E-state index is 13.9. The molecule has 2 aromatic rings. The molecule has 0 heterocycles. The van der Waals surface area contributed by atoms with Gasteiger partial charge in [-0.1, -0.05) is 26.0 Å². The van der Waals surface area contributed by atoms with E-state index in [1.54, 1.807) is 27.0 Å². The third kappa shape index (κ3) is 6.29. The second-order valence-corrected chi connectivity index (χ2v) is 7.51. The average Bonchev–Trinajstić information content (AvgIpc) is 2.78. The summed E-state index contributed by atoms with van der Waals surface area (Å²) in [6, 6.07) is 10.5. The predicted octanol–water partition coefficient (Wildman–Crippen LogP) is 3.59. The van der Waals surface area contributed by atoms with Crippen molar-refractivity contribution in [1.82, 2.24) is 10.7 Å². The normalized spacial score (nSPS) is 12.0. The highest BCUT2D eigenvalue weighted by atomic mass is 19.1. The first-order chi connectivity index (χ1) is 15.3. The Morgan fingerprint density at radius 1 is 1.16 bits per heavy atom. The molecule has 2 N–H and O–H groups in total. The number of hydrogen-bond donors (Lipinski definition) is 2. The van der Waals surface area contributed by atoms with Gasteiger partial charge in [-0.25, -0.2) is 9.82 Å². The number of ether oxygens (including phenoxy) is 1. The molecule has 2 amide bonds. The summed E-state index contributed by atoms with van der Waals surface area (Å²) < 4.78 is 19.3. The fraction of sp³-hybridized carbons (Fsp3) is 0.375. The van der Waals surface area contributed by atoms with E-state index in [0.717, 1.165) is 18.8 Å². The van der Waals surface area contributed by atoms with E-state index in [1.165, 1.54) is 24.4 Å². The molecule has 0 saturated heterocycles. The van der Waals surface area contributed by atoms with Crippen molar-refractivity contribution in [3.8, 4) is 5.75 Å². The number of methoxy groups -OCH3 is 1. The van der Waals surface area contributed by atoms with Gasteiger partial charge in [-0.15, -0.1) is 0 Å². The van der Waals surface area contributed by atoms with Gasteiger partial charge < -0.3 is 15.0 Å². The SMILES string of the molecule is CCN(CC)c1ccc(/C=N/NC(=O)C(NC(=O)c2ccccc2F)C(C)C)c(OC)c1. The van der Waals surface area contributed by atoms with Gasteiger partial charge in [0.25, 0.3) is 11.8 Å². The van der Waals surface area contributed by atoms with Crippen LogP contribution in [-0.2, 0) is 4.79 Å². The zero-order chi connectivity index (χ0) is 23.7. The van der Waals surface area contributed by atoms with E-state index in [2.05, 4.69) is 34.6 Å². The van der Waals surface area contributed by atoms with E-state index in [4.69, 9.17) is 4.74 Å². The first-order valence-electron chi connectivity index (χ1n) is 10.6. The Labute approximate surface area is 188 Å². The largest absolute Gasteiger partial charge is 0.496 e. The molecule has 7 nitrogen and oxygen atoms in total. The van der Waals surface area contributed by atoms with Crippen molar-refractivity contribution < 1.29 is 18.7 Å². The molecule has 172 valence electrons. The summed E-state index contributed by atoms with van der Waals surface area (Å²) >= 11 is 0. The van der Waals surface area contributed by atoms with Crippen LogP contribution in [0.3, 0.4) is 0 Å². The average molecular weight is 443 g/mol. The molecule has 0 bridgehead atoms. The molecule has 0 aliphatic rings. The number of halogens is 1. The summed E-state index contributed by atoms with van der Waals surface area (Å²) in [4.78, 5) is 27.2. The quantitative estimate of drug-likeness (QED) is 0.435. The first-order valence-corrected chi connectivity index (χ1v) is 10.6. The lowest BCUT2D eigenvalue weighted by Gasteiger charge is -2.22. The van der Waals surface area contributed by atoms with Crippen molar-refractivity contribution in [3.63, 3.8) is 0 Å².